The Balaban J connectivity index is 1.10. The second-order valence-corrected chi connectivity index (χ2v) is 11.6. The lowest BCUT2D eigenvalue weighted by atomic mass is 10.1. The molecule has 12 nitrogen and oxygen atoms in total. The molecular weight excluding hydrogens is 594 g/mol. The molecule has 0 spiro atoms. The molecule has 3 aliphatic heterocycles. The highest BCUT2D eigenvalue weighted by atomic mass is 19.1. The average Bonchev–Trinajstić information content (AvgIpc) is 3.61. The van der Waals surface area contributed by atoms with Crippen LogP contribution in [0.25, 0.3) is 10.9 Å². The van der Waals surface area contributed by atoms with E-state index in [2.05, 4.69) is 5.32 Å². The van der Waals surface area contributed by atoms with Crippen LogP contribution in [0, 0.1) is 17.6 Å². The van der Waals surface area contributed by atoms with Crippen LogP contribution in [-0.4, -0.2) is 73.1 Å². The second kappa shape index (κ2) is 11.9. The van der Waals surface area contributed by atoms with Gasteiger partial charge in [-0.2, -0.15) is 0 Å². The van der Waals surface area contributed by atoms with Gasteiger partial charge in [-0.05, 0) is 43.9 Å². The number of nitrogens with zero attached hydrogens (tertiary/aromatic N) is 3. The van der Waals surface area contributed by atoms with Gasteiger partial charge in [-0.25, -0.2) is 18.4 Å². The van der Waals surface area contributed by atoms with Crippen molar-refractivity contribution in [2.45, 2.75) is 38.8 Å². The number of hydrogen-bond donors (Lipinski definition) is 2. The molecule has 2 fully saturated rings. The first-order chi connectivity index (χ1) is 21.5. The quantitative estimate of drug-likeness (QED) is 0.364. The molecule has 6 rings (SSSR count). The number of aromatic nitrogens is 1. The molecule has 2 unspecified atom stereocenters. The van der Waals surface area contributed by atoms with Crippen molar-refractivity contribution in [3.8, 4) is 11.5 Å². The highest BCUT2D eigenvalue weighted by Crippen LogP contribution is 2.43. The zero-order valence-corrected chi connectivity index (χ0v) is 24.7. The van der Waals surface area contributed by atoms with Crippen molar-refractivity contribution >= 4 is 40.2 Å². The summed E-state index contributed by atoms with van der Waals surface area (Å²) in [7, 11) is 0. The Labute approximate surface area is 256 Å². The van der Waals surface area contributed by atoms with Gasteiger partial charge in [-0.1, -0.05) is 0 Å². The summed E-state index contributed by atoms with van der Waals surface area (Å²) < 4.78 is 49.0. The van der Waals surface area contributed by atoms with E-state index in [1.54, 1.807) is 10.6 Å². The van der Waals surface area contributed by atoms with Gasteiger partial charge in [0.05, 0.1) is 42.3 Å². The lowest BCUT2D eigenvalue weighted by molar-refractivity contribution is -0.119. The Morgan fingerprint density at radius 2 is 1.96 bits per heavy atom. The highest BCUT2D eigenvalue weighted by molar-refractivity contribution is 5.97. The van der Waals surface area contributed by atoms with Gasteiger partial charge in [0.1, 0.15) is 24.0 Å². The van der Waals surface area contributed by atoms with Gasteiger partial charge in [0.2, 0.25) is 11.3 Å². The van der Waals surface area contributed by atoms with Crippen LogP contribution in [0.5, 0.6) is 11.5 Å². The molecule has 3 aliphatic rings. The van der Waals surface area contributed by atoms with E-state index in [1.165, 1.54) is 30.2 Å². The number of cyclic esters (lactones) is 1. The minimum absolute atomic E-state index is 0.0298. The molecule has 0 bridgehead atoms. The summed E-state index contributed by atoms with van der Waals surface area (Å²) in [5, 5.41) is 12.1. The van der Waals surface area contributed by atoms with Crippen LogP contribution in [0.4, 0.5) is 25.0 Å². The van der Waals surface area contributed by atoms with Crippen molar-refractivity contribution in [3.63, 3.8) is 0 Å². The van der Waals surface area contributed by atoms with E-state index in [0.29, 0.717) is 30.7 Å². The topological polar surface area (TPSA) is 140 Å². The number of ether oxygens (including phenoxy) is 3. The minimum Gasteiger partial charge on any atom is -0.491 e. The van der Waals surface area contributed by atoms with Gasteiger partial charge in [0.25, 0.3) is 0 Å². The zero-order valence-electron chi connectivity index (χ0n) is 24.7. The number of rotatable bonds is 9. The maximum atomic E-state index is 15.6. The van der Waals surface area contributed by atoms with Crippen molar-refractivity contribution in [2.24, 2.45) is 5.92 Å². The number of pyridine rings is 1. The maximum Gasteiger partial charge on any atom is 0.414 e. The predicted octanol–water partition coefficient (Wildman–Crippen LogP) is 3.69. The van der Waals surface area contributed by atoms with Crippen LogP contribution < -0.4 is 30.0 Å². The number of amides is 2. The monoisotopic (exact) mass is 626 g/mol. The summed E-state index contributed by atoms with van der Waals surface area (Å²) in [5.41, 5.74) is -0.273. The predicted molar refractivity (Wildman–Crippen MR) is 158 cm³/mol. The second-order valence-electron chi connectivity index (χ2n) is 11.6. The van der Waals surface area contributed by atoms with Crippen LogP contribution in [0.2, 0.25) is 0 Å². The first-order valence-corrected chi connectivity index (χ1v) is 14.7. The van der Waals surface area contributed by atoms with E-state index in [0.717, 1.165) is 12.5 Å². The number of anilines is 2. The Morgan fingerprint density at radius 3 is 2.69 bits per heavy atom. The largest absolute Gasteiger partial charge is 0.491 e. The average molecular weight is 627 g/mol. The van der Waals surface area contributed by atoms with Gasteiger partial charge in [-0.3, -0.25) is 14.5 Å². The summed E-state index contributed by atoms with van der Waals surface area (Å²) in [6.45, 7) is 4.92. The van der Waals surface area contributed by atoms with E-state index < -0.39 is 40.8 Å². The number of carbonyl (C=O) groups excluding carboxylic acids is 2. The number of carbonyl (C=O) groups is 3. The fourth-order valence-electron chi connectivity index (χ4n) is 6.14. The molecule has 2 amide bonds. The summed E-state index contributed by atoms with van der Waals surface area (Å²) in [6, 6.07) is 5.04. The number of halogens is 2. The van der Waals surface area contributed by atoms with Gasteiger partial charge >= 0.3 is 12.1 Å². The Kier molecular flexibility index (Phi) is 7.97. The number of aromatic carboxylic acids is 1. The lowest BCUT2D eigenvalue weighted by Gasteiger charge is -2.31. The van der Waals surface area contributed by atoms with Gasteiger partial charge in [0, 0.05) is 32.3 Å². The van der Waals surface area contributed by atoms with Crippen molar-refractivity contribution in [2.75, 3.05) is 49.2 Å². The van der Waals surface area contributed by atoms with Crippen LogP contribution in [0.15, 0.2) is 35.3 Å². The molecule has 2 N–H and O–H groups in total. The Morgan fingerprint density at radius 1 is 1.16 bits per heavy atom. The number of carboxylic acid groups (broad SMARTS) is 1. The van der Waals surface area contributed by atoms with Crippen LogP contribution in [0.1, 0.15) is 43.1 Å². The van der Waals surface area contributed by atoms with E-state index in [9.17, 15) is 28.7 Å². The van der Waals surface area contributed by atoms with Crippen LogP contribution in [0.3, 0.4) is 0 Å². The number of benzene rings is 2. The van der Waals surface area contributed by atoms with Crippen molar-refractivity contribution in [1.29, 1.82) is 0 Å². The maximum absolute atomic E-state index is 15.6. The minimum atomic E-state index is -1.37. The van der Waals surface area contributed by atoms with Gasteiger partial charge in [0.15, 0.2) is 23.1 Å². The van der Waals surface area contributed by atoms with Crippen molar-refractivity contribution in [1.82, 2.24) is 9.88 Å². The Bertz CT molecular complexity index is 1760. The molecule has 2 saturated heterocycles. The molecule has 14 heteroatoms. The van der Waals surface area contributed by atoms with Gasteiger partial charge in [-0.15, -0.1) is 0 Å². The number of nitrogens with one attached hydrogen (secondary N) is 1. The van der Waals surface area contributed by atoms with Crippen LogP contribution >= 0.6 is 0 Å². The van der Waals surface area contributed by atoms with Crippen LogP contribution in [-0.2, 0) is 9.53 Å². The normalized spacial score (nSPS) is 20.7. The summed E-state index contributed by atoms with van der Waals surface area (Å²) in [5.74, 6) is -2.57. The first kappa shape index (κ1) is 30.2. The summed E-state index contributed by atoms with van der Waals surface area (Å²) in [4.78, 5) is 51.1. The third kappa shape index (κ3) is 5.71. The molecule has 45 heavy (non-hydrogen) atoms. The Hall–Kier alpha value is -4.88. The molecule has 4 heterocycles. The van der Waals surface area contributed by atoms with Crippen molar-refractivity contribution < 1.29 is 42.5 Å². The molecule has 238 valence electrons. The number of carboxylic acids is 1. The molecule has 3 aromatic rings. The van der Waals surface area contributed by atoms with E-state index in [-0.39, 0.29) is 66.7 Å². The molecule has 3 atom stereocenters. The zero-order chi connectivity index (χ0) is 32.0. The third-order valence-corrected chi connectivity index (χ3v) is 8.44. The van der Waals surface area contributed by atoms with E-state index in [4.69, 9.17) is 14.2 Å². The molecular formula is C31H32F2N4O8. The third-order valence-electron chi connectivity index (χ3n) is 8.44. The lowest BCUT2D eigenvalue weighted by Crippen LogP contribution is -2.33. The van der Waals surface area contributed by atoms with Crippen molar-refractivity contribution in [3.05, 3.63) is 57.9 Å². The standard InChI is InChI=1S/C31H32F2N4O8/c1-16-15-44-29-26-21(28(39)22(30(40)41)14-36(16)26)10-24(33)27(29)35-7-5-18(12-35)6-8-43-25-4-3-19(9-23(25)32)37-13-20(45-31(37)42)11-34-17(2)38/h3-4,9-10,14,16,18,20H,5-8,11-13,15H2,1-2H3,(H,34,38)(H,40,41)/t16?,18?,20-/m0/s1. The fourth-order valence-corrected chi connectivity index (χ4v) is 6.14. The fraction of sp³-hybridized carbons (Fsp3) is 0.419. The smallest absolute Gasteiger partial charge is 0.414 e. The van der Waals surface area contributed by atoms with E-state index >= 15 is 4.39 Å². The molecule has 2 aromatic carbocycles. The first-order valence-electron chi connectivity index (χ1n) is 14.7. The molecule has 0 aliphatic carbocycles. The van der Waals surface area contributed by atoms with E-state index in [1.807, 2.05) is 11.8 Å². The molecule has 0 radical (unpaired) electrons. The number of hydrogen-bond acceptors (Lipinski definition) is 8. The SMILES string of the molecule is CC(=O)NC[C@H]1CN(c2ccc(OCCC3CCN(c4c(F)cc5c(=O)c(C(=O)O)cn6c5c4OCC6C)C3)c(F)c2)C(=O)O1. The highest BCUT2D eigenvalue weighted by Gasteiger charge is 2.34. The van der Waals surface area contributed by atoms with Gasteiger partial charge < -0.3 is 34.1 Å². The molecule has 1 aromatic heterocycles. The summed E-state index contributed by atoms with van der Waals surface area (Å²) in [6.07, 6.45) is 1.41. The summed E-state index contributed by atoms with van der Waals surface area (Å²) >= 11 is 0. The molecule has 0 saturated carbocycles.